The molecule has 2 N–H and O–H groups in total. The van der Waals surface area contributed by atoms with Gasteiger partial charge < -0.3 is 15.4 Å². The minimum atomic E-state index is -0.256. The summed E-state index contributed by atoms with van der Waals surface area (Å²) in [7, 11) is 0. The third-order valence-corrected chi connectivity index (χ3v) is 4.44. The highest BCUT2D eigenvalue weighted by Gasteiger charge is 2.21. The first kappa shape index (κ1) is 19.1. The zero-order chi connectivity index (χ0) is 18.9. The number of hydrogen-bond donors (Lipinski definition) is 2. The molecule has 1 saturated heterocycles. The monoisotopic (exact) mass is 367 g/mol. The Hall–Kier alpha value is -2.70. The predicted octanol–water partition coefficient (Wildman–Crippen LogP) is 1.43. The second kappa shape index (κ2) is 9.85. The molecule has 1 heterocycles. The Morgan fingerprint density at radius 3 is 2.44 bits per heavy atom. The van der Waals surface area contributed by atoms with Gasteiger partial charge in [-0.2, -0.15) is 0 Å². The van der Waals surface area contributed by atoms with Crippen LogP contribution in [0.1, 0.15) is 15.9 Å². The molecule has 1 aliphatic rings. The normalized spacial score (nSPS) is 17.3. The van der Waals surface area contributed by atoms with Gasteiger partial charge in [-0.1, -0.05) is 48.5 Å². The molecule has 0 radical (unpaired) electrons. The van der Waals surface area contributed by atoms with E-state index >= 15 is 0 Å². The van der Waals surface area contributed by atoms with Gasteiger partial charge in [0.05, 0.1) is 19.3 Å². The molecule has 0 aromatic heterocycles. The molecule has 0 aliphatic carbocycles. The lowest BCUT2D eigenvalue weighted by atomic mass is 10.2. The molecule has 0 bridgehead atoms. The van der Waals surface area contributed by atoms with Crippen LogP contribution in [-0.2, 0) is 16.1 Å². The molecule has 27 heavy (non-hydrogen) atoms. The summed E-state index contributed by atoms with van der Waals surface area (Å²) in [6.07, 6.45) is -0.0452. The molecule has 142 valence electrons. The lowest BCUT2D eigenvalue weighted by Crippen LogP contribution is -2.48. The standard InChI is InChI=1S/C21H25N3O3/c25-20(14-23-21(26)18-9-5-2-6-10-18)22-13-19-16-24(11-12-27-19)15-17-7-3-1-4-8-17/h1-10,19H,11-16H2,(H,22,25)(H,23,26)/t19-/m0/s1. The number of carbonyl (C=O) groups is 2. The number of nitrogens with one attached hydrogen (secondary N) is 2. The van der Waals surface area contributed by atoms with Gasteiger partial charge in [0.2, 0.25) is 5.91 Å². The number of carbonyl (C=O) groups excluding carboxylic acids is 2. The molecule has 1 atom stereocenters. The van der Waals surface area contributed by atoms with Gasteiger partial charge in [0, 0.05) is 31.7 Å². The highest BCUT2D eigenvalue weighted by Crippen LogP contribution is 2.10. The van der Waals surface area contributed by atoms with Crippen molar-refractivity contribution in [3.05, 3.63) is 71.8 Å². The van der Waals surface area contributed by atoms with Crippen LogP contribution in [0.15, 0.2) is 60.7 Å². The Morgan fingerprint density at radius 1 is 1.00 bits per heavy atom. The molecule has 0 unspecified atom stereocenters. The minimum Gasteiger partial charge on any atom is -0.374 e. The first-order valence-corrected chi connectivity index (χ1v) is 9.18. The van der Waals surface area contributed by atoms with Crippen LogP contribution in [0.25, 0.3) is 0 Å². The van der Waals surface area contributed by atoms with E-state index in [1.807, 2.05) is 24.3 Å². The van der Waals surface area contributed by atoms with E-state index in [1.165, 1.54) is 5.56 Å². The zero-order valence-electron chi connectivity index (χ0n) is 15.3. The van der Waals surface area contributed by atoms with E-state index in [2.05, 4.69) is 27.7 Å². The summed E-state index contributed by atoms with van der Waals surface area (Å²) in [5.74, 6) is -0.475. The number of benzene rings is 2. The van der Waals surface area contributed by atoms with Gasteiger partial charge in [0.15, 0.2) is 0 Å². The number of morpholine rings is 1. The van der Waals surface area contributed by atoms with Gasteiger partial charge in [-0.05, 0) is 17.7 Å². The van der Waals surface area contributed by atoms with Crippen molar-refractivity contribution in [1.82, 2.24) is 15.5 Å². The SMILES string of the molecule is O=C(CNC(=O)c1ccccc1)NC[C@H]1CN(Cc2ccccc2)CCO1. The molecule has 6 nitrogen and oxygen atoms in total. The van der Waals surface area contributed by atoms with Crippen molar-refractivity contribution in [2.24, 2.45) is 0 Å². The van der Waals surface area contributed by atoms with E-state index in [4.69, 9.17) is 4.74 Å². The van der Waals surface area contributed by atoms with E-state index in [9.17, 15) is 9.59 Å². The van der Waals surface area contributed by atoms with Crippen molar-refractivity contribution in [3.63, 3.8) is 0 Å². The van der Waals surface area contributed by atoms with Crippen LogP contribution in [0.2, 0.25) is 0 Å². The summed E-state index contributed by atoms with van der Waals surface area (Å²) in [5.41, 5.74) is 1.81. The van der Waals surface area contributed by atoms with Crippen LogP contribution in [0, 0.1) is 0 Å². The Bertz CT molecular complexity index is 737. The van der Waals surface area contributed by atoms with Gasteiger partial charge in [0.1, 0.15) is 0 Å². The number of nitrogens with zero attached hydrogens (tertiary/aromatic N) is 1. The quantitative estimate of drug-likeness (QED) is 0.777. The largest absolute Gasteiger partial charge is 0.374 e. The number of ether oxygens (including phenoxy) is 1. The predicted molar refractivity (Wildman–Crippen MR) is 103 cm³/mol. The van der Waals surface area contributed by atoms with E-state index in [1.54, 1.807) is 24.3 Å². The van der Waals surface area contributed by atoms with Gasteiger partial charge in [-0.25, -0.2) is 0 Å². The molecule has 0 saturated carbocycles. The Kier molecular flexibility index (Phi) is 6.96. The number of rotatable bonds is 7. The second-order valence-corrected chi connectivity index (χ2v) is 6.57. The lowest BCUT2D eigenvalue weighted by molar-refractivity contribution is -0.121. The molecule has 1 fully saturated rings. The Labute approximate surface area is 159 Å². The lowest BCUT2D eigenvalue weighted by Gasteiger charge is -2.33. The van der Waals surface area contributed by atoms with E-state index in [0.29, 0.717) is 18.7 Å². The molecular weight excluding hydrogens is 342 g/mol. The first-order valence-electron chi connectivity index (χ1n) is 9.18. The highest BCUT2D eigenvalue weighted by molar-refractivity contribution is 5.96. The van der Waals surface area contributed by atoms with Crippen LogP contribution >= 0.6 is 0 Å². The van der Waals surface area contributed by atoms with Crippen LogP contribution < -0.4 is 10.6 Å². The van der Waals surface area contributed by atoms with Crippen molar-refractivity contribution in [3.8, 4) is 0 Å². The smallest absolute Gasteiger partial charge is 0.251 e. The maximum absolute atomic E-state index is 12.0. The van der Waals surface area contributed by atoms with Crippen LogP contribution in [0.5, 0.6) is 0 Å². The van der Waals surface area contributed by atoms with Gasteiger partial charge in [0.25, 0.3) is 5.91 Å². The fourth-order valence-corrected chi connectivity index (χ4v) is 3.03. The summed E-state index contributed by atoms with van der Waals surface area (Å²) in [6, 6.07) is 19.2. The summed E-state index contributed by atoms with van der Waals surface area (Å²) in [4.78, 5) is 26.3. The Morgan fingerprint density at radius 2 is 1.70 bits per heavy atom. The van der Waals surface area contributed by atoms with Gasteiger partial charge in [-0.3, -0.25) is 14.5 Å². The van der Waals surface area contributed by atoms with Gasteiger partial charge >= 0.3 is 0 Å². The van der Waals surface area contributed by atoms with Crippen LogP contribution in [0.3, 0.4) is 0 Å². The van der Waals surface area contributed by atoms with Crippen LogP contribution in [-0.4, -0.2) is 55.6 Å². The van der Waals surface area contributed by atoms with E-state index in [-0.39, 0.29) is 24.5 Å². The van der Waals surface area contributed by atoms with E-state index < -0.39 is 0 Å². The fraction of sp³-hybridized carbons (Fsp3) is 0.333. The number of amides is 2. The van der Waals surface area contributed by atoms with Crippen molar-refractivity contribution < 1.29 is 14.3 Å². The molecule has 2 aromatic rings. The fourth-order valence-electron chi connectivity index (χ4n) is 3.03. The summed E-state index contributed by atoms with van der Waals surface area (Å²) >= 11 is 0. The Balaban J connectivity index is 1.37. The summed E-state index contributed by atoms with van der Waals surface area (Å²) in [5, 5.41) is 5.46. The van der Waals surface area contributed by atoms with Crippen LogP contribution in [0.4, 0.5) is 0 Å². The van der Waals surface area contributed by atoms with E-state index in [0.717, 1.165) is 19.6 Å². The molecule has 2 amide bonds. The maximum atomic E-state index is 12.0. The highest BCUT2D eigenvalue weighted by atomic mass is 16.5. The molecule has 6 heteroatoms. The number of hydrogen-bond acceptors (Lipinski definition) is 4. The molecule has 2 aromatic carbocycles. The molecule has 0 spiro atoms. The maximum Gasteiger partial charge on any atom is 0.251 e. The molecular formula is C21H25N3O3. The van der Waals surface area contributed by atoms with Crippen molar-refractivity contribution in [1.29, 1.82) is 0 Å². The average molecular weight is 367 g/mol. The third kappa shape index (κ3) is 6.20. The minimum absolute atomic E-state index is 0.0452. The molecule has 1 aliphatic heterocycles. The third-order valence-electron chi connectivity index (χ3n) is 4.44. The second-order valence-electron chi connectivity index (χ2n) is 6.57. The van der Waals surface area contributed by atoms with Crippen molar-refractivity contribution in [2.75, 3.05) is 32.8 Å². The topological polar surface area (TPSA) is 70.7 Å². The zero-order valence-corrected chi connectivity index (χ0v) is 15.3. The summed E-state index contributed by atoms with van der Waals surface area (Å²) in [6.45, 7) is 3.57. The van der Waals surface area contributed by atoms with Crippen molar-refractivity contribution >= 4 is 11.8 Å². The van der Waals surface area contributed by atoms with Crippen molar-refractivity contribution in [2.45, 2.75) is 12.6 Å². The first-order chi connectivity index (χ1) is 13.2. The average Bonchev–Trinajstić information content (AvgIpc) is 2.72. The molecule has 3 rings (SSSR count). The van der Waals surface area contributed by atoms with Gasteiger partial charge in [-0.15, -0.1) is 0 Å². The summed E-state index contributed by atoms with van der Waals surface area (Å²) < 4.78 is 5.75.